The summed E-state index contributed by atoms with van der Waals surface area (Å²) in [5.74, 6) is -1.93. The molecule has 0 radical (unpaired) electrons. The molecule has 3 aliphatic heterocycles. The predicted octanol–water partition coefficient (Wildman–Crippen LogP) is 0.399. The molecular formula is C20H24N4O4. The van der Waals surface area contributed by atoms with Crippen molar-refractivity contribution in [1.29, 1.82) is 0 Å². The van der Waals surface area contributed by atoms with Crippen LogP contribution in [0.5, 0.6) is 0 Å². The second kappa shape index (κ2) is 7.10. The largest absolute Gasteiger partial charge is 0.327 e. The fraction of sp³-hybridized carbons (Fsp3) is 0.500. The molecule has 3 atom stereocenters. The number of amides is 4. The first-order chi connectivity index (χ1) is 13.3. The van der Waals surface area contributed by atoms with Gasteiger partial charge < -0.3 is 5.73 Å². The van der Waals surface area contributed by atoms with Crippen LogP contribution in [0.15, 0.2) is 18.2 Å². The van der Waals surface area contributed by atoms with Crippen molar-refractivity contribution < 1.29 is 19.2 Å². The quantitative estimate of drug-likeness (QED) is 0.730. The van der Waals surface area contributed by atoms with Crippen molar-refractivity contribution in [2.45, 2.75) is 57.3 Å². The van der Waals surface area contributed by atoms with Crippen LogP contribution in [0.4, 0.5) is 0 Å². The van der Waals surface area contributed by atoms with Crippen molar-refractivity contribution in [2.24, 2.45) is 5.73 Å². The summed E-state index contributed by atoms with van der Waals surface area (Å²) in [4.78, 5) is 52.4. The van der Waals surface area contributed by atoms with Crippen LogP contribution in [0.3, 0.4) is 0 Å². The van der Waals surface area contributed by atoms with Gasteiger partial charge in [0.2, 0.25) is 11.8 Å². The molecule has 8 nitrogen and oxygen atoms in total. The number of hydrogen-bond acceptors (Lipinski definition) is 6. The second-order valence-electron chi connectivity index (χ2n) is 7.94. The van der Waals surface area contributed by atoms with E-state index in [1.807, 2.05) is 6.07 Å². The van der Waals surface area contributed by atoms with Gasteiger partial charge in [-0.25, -0.2) is 0 Å². The highest BCUT2D eigenvalue weighted by molar-refractivity contribution is 6.23. The number of imide groups is 2. The molecule has 3 N–H and O–H groups in total. The van der Waals surface area contributed by atoms with Gasteiger partial charge in [0.05, 0.1) is 11.1 Å². The predicted molar refractivity (Wildman–Crippen MR) is 100 cm³/mol. The van der Waals surface area contributed by atoms with E-state index in [1.165, 1.54) is 0 Å². The van der Waals surface area contributed by atoms with E-state index in [9.17, 15) is 19.2 Å². The van der Waals surface area contributed by atoms with Crippen molar-refractivity contribution >= 4 is 23.6 Å². The molecule has 148 valence electrons. The van der Waals surface area contributed by atoms with Crippen LogP contribution in [-0.2, 0) is 16.1 Å². The number of rotatable bonds is 3. The van der Waals surface area contributed by atoms with Crippen LogP contribution in [0.2, 0.25) is 0 Å². The van der Waals surface area contributed by atoms with Crippen LogP contribution >= 0.6 is 0 Å². The first-order valence-electron chi connectivity index (χ1n) is 9.69. The van der Waals surface area contributed by atoms with Gasteiger partial charge in [-0.2, -0.15) is 0 Å². The number of benzene rings is 1. The van der Waals surface area contributed by atoms with Gasteiger partial charge in [0.15, 0.2) is 0 Å². The van der Waals surface area contributed by atoms with Crippen molar-refractivity contribution in [3.05, 3.63) is 34.9 Å². The summed E-state index contributed by atoms with van der Waals surface area (Å²) < 4.78 is 0. The van der Waals surface area contributed by atoms with Gasteiger partial charge in [0, 0.05) is 31.6 Å². The molecule has 2 saturated heterocycles. The van der Waals surface area contributed by atoms with Crippen molar-refractivity contribution in [2.75, 3.05) is 6.54 Å². The lowest BCUT2D eigenvalue weighted by atomic mass is 9.98. The summed E-state index contributed by atoms with van der Waals surface area (Å²) in [5.41, 5.74) is 7.65. The highest BCUT2D eigenvalue weighted by Crippen LogP contribution is 2.29. The molecule has 28 heavy (non-hydrogen) atoms. The van der Waals surface area contributed by atoms with Crippen LogP contribution in [0.1, 0.15) is 58.9 Å². The minimum atomic E-state index is -0.936. The van der Waals surface area contributed by atoms with Gasteiger partial charge in [-0.05, 0) is 43.9 Å². The first kappa shape index (κ1) is 18.8. The lowest BCUT2D eigenvalue weighted by Gasteiger charge is -2.36. The Kier molecular flexibility index (Phi) is 4.76. The fourth-order valence-corrected chi connectivity index (χ4v) is 4.28. The number of likely N-dealkylation sites (tertiary alicyclic amines) is 1. The molecule has 1 aromatic carbocycles. The molecule has 8 heteroatoms. The molecule has 4 rings (SSSR count). The summed E-state index contributed by atoms with van der Waals surface area (Å²) >= 11 is 0. The molecule has 1 aromatic rings. The maximum Gasteiger partial charge on any atom is 0.262 e. The third-order valence-electron chi connectivity index (χ3n) is 5.94. The van der Waals surface area contributed by atoms with Crippen molar-refractivity contribution in [1.82, 2.24) is 15.1 Å². The standard InChI is InChI=1S/C20H24N4O4/c1-11-2-4-13(21)10-23(11)9-12-3-5-14-15(8-12)20(28)24(19(14)27)16-6-7-17(25)22-18(16)26/h3,5,8,11,13,16H,2,4,6-7,9-10,21H2,1H3,(H,22,25,26)/t11-,13-,16?/m1/s1. The number of nitrogens with zero attached hydrogens (tertiary/aromatic N) is 2. The molecule has 0 saturated carbocycles. The van der Waals surface area contributed by atoms with E-state index in [1.54, 1.807) is 12.1 Å². The fourth-order valence-electron chi connectivity index (χ4n) is 4.28. The maximum absolute atomic E-state index is 12.9. The normalized spacial score (nSPS) is 28.5. The number of nitrogens with one attached hydrogen (secondary N) is 1. The molecule has 3 heterocycles. The second-order valence-corrected chi connectivity index (χ2v) is 7.94. The minimum absolute atomic E-state index is 0.113. The molecule has 0 aromatic heterocycles. The zero-order valence-electron chi connectivity index (χ0n) is 15.8. The Morgan fingerprint density at radius 3 is 2.57 bits per heavy atom. The number of fused-ring (bicyclic) bond motifs is 1. The summed E-state index contributed by atoms with van der Waals surface area (Å²) in [6, 6.07) is 4.88. The van der Waals surface area contributed by atoms with Gasteiger partial charge in [0.25, 0.3) is 11.8 Å². The molecule has 0 bridgehead atoms. The van der Waals surface area contributed by atoms with E-state index in [2.05, 4.69) is 17.1 Å². The SMILES string of the molecule is C[C@@H]1CC[C@@H](N)CN1Cc1ccc2c(c1)C(=O)N(C1CCC(=O)NC1=O)C2=O. The Hall–Kier alpha value is -2.58. The summed E-state index contributed by atoms with van der Waals surface area (Å²) in [5, 5.41) is 2.21. The van der Waals surface area contributed by atoms with E-state index in [-0.39, 0.29) is 24.8 Å². The summed E-state index contributed by atoms with van der Waals surface area (Å²) in [7, 11) is 0. The van der Waals surface area contributed by atoms with Gasteiger partial charge in [-0.1, -0.05) is 6.07 Å². The van der Waals surface area contributed by atoms with Crippen LogP contribution in [0, 0.1) is 0 Å². The molecule has 1 unspecified atom stereocenters. The zero-order chi connectivity index (χ0) is 20.0. The van der Waals surface area contributed by atoms with Crippen molar-refractivity contribution in [3.63, 3.8) is 0 Å². The summed E-state index contributed by atoms with van der Waals surface area (Å²) in [6.45, 7) is 3.62. The van der Waals surface area contributed by atoms with Gasteiger partial charge in [-0.15, -0.1) is 0 Å². The van der Waals surface area contributed by atoms with E-state index in [4.69, 9.17) is 5.73 Å². The topological polar surface area (TPSA) is 113 Å². The monoisotopic (exact) mass is 384 g/mol. The zero-order valence-corrected chi connectivity index (χ0v) is 15.8. The Bertz CT molecular complexity index is 868. The third-order valence-corrected chi connectivity index (χ3v) is 5.94. The molecule has 0 aliphatic carbocycles. The van der Waals surface area contributed by atoms with Gasteiger partial charge in [0.1, 0.15) is 6.04 Å². The molecular weight excluding hydrogens is 360 g/mol. The number of carbonyl (C=O) groups is 4. The van der Waals surface area contributed by atoms with E-state index >= 15 is 0 Å². The molecule has 3 aliphatic rings. The number of hydrogen-bond donors (Lipinski definition) is 2. The average molecular weight is 384 g/mol. The number of carbonyl (C=O) groups excluding carboxylic acids is 4. The Balaban J connectivity index is 1.56. The van der Waals surface area contributed by atoms with Crippen molar-refractivity contribution in [3.8, 4) is 0 Å². The van der Waals surface area contributed by atoms with Crippen LogP contribution in [0.25, 0.3) is 0 Å². The van der Waals surface area contributed by atoms with Gasteiger partial charge >= 0.3 is 0 Å². The molecule has 4 amide bonds. The maximum atomic E-state index is 12.9. The molecule has 0 spiro atoms. The number of nitrogens with two attached hydrogens (primary N) is 1. The van der Waals surface area contributed by atoms with E-state index < -0.39 is 23.8 Å². The minimum Gasteiger partial charge on any atom is -0.327 e. The van der Waals surface area contributed by atoms with Crippen LogP contribution < -0.4 is 11.1 Å². The van der Waals surface area contributed by atoms with E-state index in [0.717, 1.165) is 29.8 Å². The Labute approximate surface area is 163 Å². The van der Waals surface area contributed by atoms with Gasteiger partial charge in [-0.3, -0.25) is 34.3 Å². The highest BCUT2D eigenvalue weighted by Gasteiger charge is 2.44. The lowest BCUT2D eigenvalue weighted by Crippen LogP contribution is -2.54. The lowest BCUT2D eigenvalue weighted by molar-refractivity contribution is -0.136. The Morgan fingerprint density at radius 2 is 1.82 bits per heavy atom. The summed E-state index contributed by atoms with van der Waals surface area (Å²) in [6.07, 6.45) is 2.32. The van der Waals surface area contributed by atoms with Crippen LogP contribution in [-0.4, -0.2) is 58.1 Å². The Morgan fingerprint density at radius 1 is 1.07 bits per heavy atom. The van der Waals surface area contributed by atoms with E-state index in [0.29, 0.717) is 23.7 Å². The highest BCUT2D eigenvalue weighted by atomic mass is 16.2. The smallest absolute Gasteiger partial charge is 0.262 e. The third kappa shape index (κ3) is 3.22. The molecule has 2 fully saturated rings. The average Bonchev–Trinajstić information content (AvgIpc) is 2.89. The first-order valence-corrected chi connectivity index (χ1v) is 9.69. The number of piperidine rings is 2.